The predicted octanol–water partition coefficient (Wildman–Crippen LogP) is 1.21. The first-order chi connectivity index (χ1) is 10.0. The fraction of sp³-hybridized carbons (Fsp3) is 0.538. The van der Waals surface area contributed by atoms with E-state index in [2.05, 4.69) is 4.98 Å². The standard InChI is InChI=1S/C13H17BN2O6/c1-8(17)20-11-10(6-9(7-15-11)16(18)19)14-21-12(2,3)13(4,5)22-14/h6-7H,1-5H3. The molecular weight excluding hydrogens is 291 g/mol. The van der Waals surface area contributed by atoms with Gasteiger partial charge in [0, 0.05) is 13.0 Å². The van der Waals surface area contributed by atoms with Gasteiger partial charge in [-0.1, -0.05) is 0 Å². The molecule has 22 heavy (non-hydrogen) atoms. The molecule has 1 aliphatic heterocycles. The maximum atomic E-state index is 11.2. The third-order valence-corrected chi connectivity index (χ3v) is 3.82. The molecule has 1 aromatic rings. The molecule has 0 aromatic carbocycles. The zero-order valence-electron chi connectivity index (χ0n) is 13.1. The van der Waals surface area contributed by atoms with E-state index in [0.717, 1.165) is 6.20 Å². The zero-order chi connectivity index (χ0) is 16.7. The van der Waals surface area contributed by atoms with Crippen molar-refractivity contribution < 1.29 is 23.8 Å². The number of hydrogen-bond donors (Lipinski definition) is 0. The number of nitro groups is 1. The second-order valence-corrected chi connectivity index (χ2v) is 6.03. The predicted molar refractivity (Wildman–Crippen MR) is 77.9 cm³/mol. The van der Waals surface area contributed by atoms with Gasteiger partial charge in [0.1, 0.15) is 6.20 Å². The van der Waals surface area contributed by atoms with Crippen molar-refractivity contribution in [1.82, 2.24) is 4.98 Å². The van der Waals surface area contributed by atoms with Crippen LogP contribution in [0.3, 0.4) is 0 Å². The third kappa shape index (κ3) is 2.95. The van der Waals surface area contributed by atoms with E-state index in [1.54, 1.807) is 0 Å². The summed E-state index contributed by atoms with van der Waals surface area (Å²) in [5.41, 5.74) is -1.28. The summed E-state index contributed by atoms with van der Waals surface area (Å²) in [5.74, 6) is -0.643. The molecule has 1 aliphatic rings. The first kappa shape index (κ1) is 16.4. The van der Waals surface area contributed by atoms with E-state index < -0.39 is 29.2 Å². The van der Waals surface area contributed by atoms with Crippen molar-refractivity contribution in [2.24, 2.45) is 0 Å². The van der Waals surface area contributed by atoms with Crippen molar-refractivity contribution in [2.75, 3.05) is 0 Å². The highest BCUT2D eigenvalue weighted by Crippen LogP contribution is 2.37. The van der Waals surface area contributed by atoms with Crippen LogP contribution >= 0.6 is 0 Å². The molecule has 2 heterocycles. The molecule has 8 nitrogen and oxygen atoms in total. The molecule has 0 atom stereocenters. The van der Waals surface area contributed by atoms with Crippen molar-refractivity contribution in [1.29, 1.82) is 0 Å². The van der Waals surface area contributed by atoms with E-state index in [-0.39, 0.29) is 17.0 Å². The Labute approximate surface area is 128 Å². The summed E-state index contributed by atoms with van der Waals surface area (Å²) in [4.78, 5) is 25.4. The number of hydrogen-bond acceptors (Lipinski definition) is 7. The van der Waals surface area contributed by atoms with E-state index in [0.29, 0.717) is 0 Å². The number of ether oxygens (including phenoxy) is 1. The van der Waals surface area contributed by atoms with Gasteiger partial charge in [-0.3, -0.25) is 14.9 Å². The van der Waals surface area contributed by atoms with Gasteiger partial charge in [-0.15, -0.1) is 0 Å². The smallest absolute Gasteiger partial charge is 0.408 e. The van der Waals surface area contributed by atoms with Gasteiger partial charge < -0.3 is 14.0 Å². The lowest BCUT2D eigenvalue weighted by molar-refractivity contribution is -0.385. The van der Waals surface area contributed by atoms with Gasteiger partial charge in [0.05, 0.1) is 21.6 Å². The number of nitrogens with zero attached hydrogens (tertiary/aromatic N) is 2. The fourth-order valence-corrected chi connectivity index (χ4v) is 1.92. The summed E-state index contributed by atoms with van der Waals surface area (Å²) in [5, 5.41) is 10.9. The summed E-state index contributed by atoms with van der Waals surface area (Å²) < 4.78 is 16.7. The van der Waals surface area contributed by atoms with Crippen molar-refractivity contribution in [2.45, 2.75) is 45.8 Å². The van der Waals surface area contributed by atoms with Crippen molar-refractivity contribution >= 4 is 24.2 Å². The molecule has 0 amide bonds. The lowest BCUT2D eigenvalue weighted by Gasteiger charge is -2.32. The van der Waals surface area contributed by atoms with Crippen LogP contribution in [0.5, 0.6) is 5.88 Å². The molecule has 1 fully saturated rings. The van der Waals surface area contributed by atoms with Gasteiger partial charge in [-0.05, 0) is 27.7 Å². The fourth-order valence-electron chi connectivity index (χ4n) is 1.92. The van der Waals surface area contributed by atoms with Crippen LogP contribution < -0.4 is 10.2 Å². The van der Waals surface area contributed by atoms with Crippen LogP contribution in [0.25, 0.3) is 0 Å². The minimum absolute atomic E-state index is 0.0587. The molecule has 0 N–H and O–H groups in total. The van der Waals surface area contributed by atoms with Crippen molar-refractivity contribution in [3.63, 3.8) is 0 Å². The zero-order valence-corrected chi connectivity index (χ0v) is 13.1. The number of aromatic nitrogens is 1. The summed E-state index contributed by atoms with van der Waals surface area (Å²) >= 11 is 0. The molecule has 0 unspecified atom stereocenters. The Bertz CT molecular complexity index is 615. The molecule has 1 aromatic heterocycles. The monoisotopic (exact) mass is 308 g/mol. The Morgan fingerprint density at radius 3 is 2.32 bits per heavy atom. The minimum Gasteiger partial charge on any atom is -0.408 e. The summed E-state index contributed by atoms with van der Waals surface area (Å²) in [6, 6.07) is 1.24. The number of carbonyl (C=O) groups is 1. The average molecular weight is 308 g/mol. The topological polar surface area (TPSA) is 101 Å². The first-order valence-electron chi connectivity index (χ1n) is 6.72. The maximum Gasteiger partial charge on any atom is 0.500 e. The van der Waals surface area contributed by atoms with Crippen LogP contribution in [0.15, 0.2) is 12.3 Å². The second-order valence-electron chi connectivity index (χ2n) is 6.03. The number of esters is 1. The Morgan fingerprint density at radius 2 is 1.86 bits per heavy atom. The molecule has 0 spiro atoms. The van der Waals surface area contributed by atoms with Crippen LogP contribution in [0.1, 0.15) is 34.6 Å². The summed E-state index contributed by atoms with van der Waals surface area (Å²) in [6.45, 7) is 8.62. The Morgan fingerprint density at radius 1 is 1.32 bits per heavy atom. The minimum atomic E-state index is -0.910. The molecule has 9 heteroatoms. The van der Waals surface area contributed by atoms with Crippen molar-refractivity contribution in [3.05, 3.63) is 22.4 Å². The van der Waals surface area contributed by atoms with Gasteiger partial charge in [0.15, 0.2) is 0 Å². The van der Waals surface area contributed by atoms with E-state index in [1.807, 2.05) is 27.7 Å². The molecule has 118 valence electrons. The quantitative estimate of drug-likeness (QED) is 0.358. The SMILES string of the molecule is CC(=O)Oc1ncc([N+](=O)[O-])cc1B1OC(C)(C)C(C)(C)O1. The van der Waals surface area contributed by atoms with Gasteiger partial charge in [0.2, 0.25) is 5.88 Å². The molecule has 0 bridgehead atoms. The van der Waals surface area contributed by atoms with Gasteiger partial charge in [-0.2, -0.15) is 0 Å². The third-order valence-electron chi connectivity index (χ3n) is 3.82. The lowest BCUT2D eigenvalue weighted by Crippen LogP contribution is -2.41. The number of pyridine rings is 1. The van der Waals surface area contributed by atoms with Gasteiger partial charge >= 0.3 is 13.1 Å². The summed E-state index contributed by atoms with van der Waals surface area (Å²) in [7, 11) is -0.910. The number of rotatable bonds is 3. The highest BCUT2D eigenvalue weighted by Gasteiger charge is 2.53. The highest BCUT2D eigenvalue weighted by molar-refractivity contribution is 6.63. The van der Waals surface area contributed by atoms with Crippen LogP contribution in [-0.4, -0.2) is 34.2 Å². The Balaban J connectivity index is 2.46. The molecule has 0 aliphatic carbocycles. The van der Waals surface area contributed by atoms with Crippen LogP contribution in [-0.2, 0) is 14.1 Å². The molecule has 2 rings (SSSR count). The Hall–Kier alpha value is -2.00. The van der Waals surface area contributed by atoms with Gasteiger partial charge in [-0.25, -0.2) is 4.98 Å². The van der Waals surface area contributed by atoms with Crippen LogP contribution in [0.2, 0.25) is 0 Å². The highest BCUT2D eigenvalue weighted by atomic mass is 16.7. The number of carbonyl (C=O) groups excluding carboxylic acids is 1. The van der Waals surface area contributed by atoms with Crippen molar-refractivity contribution in [3.8, 4) is 5.88 Å². The second kappa shape index (κ2) is 5.33. The molecular formula is C13H17BN2O6. The molecule has 0 radical (unpaired) electrons. The first-order valence-corrected chi connectivity index (χ1v) is 6.72. The van der Waals surface area contributed by atoms with E-state index in [4.69, 9.17) is 14.0 Å². The Kier molecular flexibility index (Phi) is 3.97. The van der Waals surface area contributed by atoms with Crippen LogP contribution in [0, 0.1) is 10.1 Å². The largest absolute Gasteiger partial charge is 0.500 e. The van der Waals surface area contributed by atoms with Gasteiger partial charge in [0.25, 0.3) is 5.69 Å². The normalized spacial score (nSPS) is 19.0. The van der Waals surface area contributed by atoms with Crippen LogP contribution in [0.4, 0.5) is 5.69 Å². The molecule has 1 saturated heterocycles. The van der Waals surface area contributed by atoms with E-state index in [9.17, 15) is 14.9 Å². The molecule has 0 saturated carbocycles. The van der Waals surface area contributed by atoms with E-state index in [1.165, 1.54) is 13.0 Å². The van der Waals surface area contributed by atoms with E-state index >= 15 is 0 Å². The summed E-state index contributed by atoms with van der Waals surface area (Å²) in [6.07, 6.45) is 1.02. The average Bonchev–Trinajstić information content (AvgIpc) is 2.57. The lowest BCUT2D eigenvalue weighted by atomic mass is 9.79. The maximum absolute atomic E-state index is 11.2.